The van der Waals surface area contributed by atoms with E-state index in [2.05, 4.69) is 16.0 Å². The smallest absolute Gasteiger partial charge is 0.191 e. The third-order valence-electron chi connectivity index (χ3n) is 3.44. The van der Waals surface area contributed by atoms with Gasteiger partial charge in [0.15, 0.2) is 5.96 Å². The van der Waals surface area contributed by atoms with Crippen LogP contribution in [0.4, 0.5) is 0 Å². The second kappa shape index (κ2) is 8.80. The molecule has 4 nitrogen and oxygen atoms in total. The standard InChI is InChI=1S/C15H20N4.HI/c16-11-13-5-7-14(8-6-13)12-18-15(17)19-9-3-1-2-4-10-19;/h5-8H,1-4,9-10,12H2,(H2,17,18);1H. The molecular formula is C15H21IN4. The summed E-state index contributed by atoms with van der Waals surface area (Å²) >= 11 is 0. The van der Waals surface area contributed by atoms with Crippen LogP contribution in [0.25, 0.3) is 0 Å². The average Bonchev–Trinajstić information content (AvgIpc) is 2.74. The van der Waals surface area contributed by atoms with Gasteiger partial charge in [0.2, 0.25) is 0 Å². The van der Waals surface area contributed by atoms with Gasteiger partial charge in [-0.2, -0.15) is 5.26 Å². The Morgan fingerprint density at radius 3 is 2.30 bits per heavy atom. The van der Waals surface area contributed by atoms with E-state index in [0.29, 0.717) is 18.1 Å². The number of nitrogens with two attached hydrogens (primary N) is 1. The van der Waals surface area contributed by atoms with Crippen LogP contribution in [-0.2, 0) is 6.54 Å². The van der Waals surface area contributed by atoms with Gasteiger partial charge < -0.3 is 10.6 Å². The van der Waals surface area contributed by atoms with E-state index < -0.39 is 0 Å². The highest BCUT2D eigenvalue weighted by atomic mass is 127. The number of guanidine groups is 1. The lowest BCUT2D eigenvalue weighted by molar-refractivity contribution is 0.428. The monoisotopic (exact) mass is 384 g/mol. The fraction of sp³-hybridized carbons (Fsp3) is 0.467. The maximum absolute atomic E-state index is 8.74. The number of rotatable bonds is 2. The van der Waals surface area contributed by atoms with Crippen LogP contribution in [0.3, 0.4) is 0 Å². The van der Waals surface area contributed by atoms with Gasteiger partial charge >= 0.3 is 0 Å². The molecule has 5 heteroatoms. The summed E-state index contributed by atoms with van der Waals surface area (Å²) in [5.74, 6) is 0.645. The van der Waals surface area contributed by atoms with E-state index in [1.807, 2.05) is 24.3 Å². The molecule has 2 N–H and O–H groups in total. The van der Waals surface area contributed by atoms with Crippen molar-refractivity contribution < 1.29 is 0 Å². The second-order valence-corrected chi connectivity index (χ2v) is 4.88. The fourth-order valence-corrected chi connectivity index (χ4v) is 2.26. The summed E-state index contributed by atoms with van der Waals surface area (Å²) in [7, 11) is 0. The number of halogens is 1. The largest absolute Gasteiger partial charge is 0.370 e. The molecule has 20 heavy (non-hydrogen) atoms. The molecule has 0 amide bonds. The van der Waals surface area contributed by atoms with Gasteiger partial charge in [0.05, 0.1) is 18.2 Å². The third-order valence-corrected chi connectivity index (χ3v) is 3.44. The van der Waals surface area contributed by atoms with Gasteiger partial charge in [-0.1, -0.05) is 25.0 Å². The Kier molecular flexibility index (Phi) is 7.37. The van der Waals surface area contributed by atoms with Gasteiger partial charge in [0.1, 0.15) is 0 Å². The van der Waals surface area contributed by atoms with E-state index >= 15 is 0 Å². The summed E-state index contributed by atoms with van der Waals surface area (Å²) in [6, 6.07) is 9.59. The molecule has 1 aromatic carbocycles. The van der Waals surface area contributed by atoms with Crippen LogP contribution < -0.4 is 5.73 Å². The van der Waals surface area contributed by atoms with Gasteiger partial charge in [0.25, 0.3) is 0 Å². The molecule has 1 saturated heterocycles. The fourth-order valence-electron chi connectivity index (χ4n) is 2.26. The van der Waals surface area contributed by atoms with Gasteiger partial charge in [0, 0.05) is 13.1 Å². The van der Waals surface area contributed by atoms with E-state index in [0.717, 1.165) is 18.7 Å². The van der Waals surface area contributed by atoms with Crippen LogP contribution in [0.5, 0.6) is 0 Å². The van der Waals surface area contributed by atoms with Crippen molar-refractivity contribution in [2.24, 2.45) is 10.7 Å². The van der Waals surface area contributed by atoms with Crippen molar-refractivity contribution >= 4 is 29.9 Å². The lowest BCUT2D eigenvalue weighted by Gasteiger charge is -2.21. The van der Waals surface area contributed by atoms with Gasteiger partial charge in [-0.15, -0.1) is 24.0 Å². The number of nitriles is 1. The normalized spacial score (nSPS) is 15.9. The molecule has 0 atom stereocenters. The Hall–Kier alpha value is -1.29. The van der Waals surface area contributed by atoms with E-state index in [1.165, 1.54) is 25.7 Å². The Balaban J connectivity index is 0.00000200. The summed E-state index contributed by atoms with van der Waals surface area (Å²) < 4.78 is 0. The van der Waals surface area contributed by atoms with E-state index in [4.69, 9.17) is 11.0 Å². The highest BCUT2D eigenvalue weighted by Crippen LogP contribution is 2.10. The Morgan fingerprint density at radius 1 is 1.15 bits per heavy atom. The summed E-state index contributed by atoms with van der Waals surface area (Å²) in [4.78, 5) is 6.63. The molecular weight excluding hydrogens is 363 g/mol. The van der Waals surface area contributed by atoms with Crippen molar-refractivity contribution in [1.29, 1.82) is 5.26 Å². The molecule has 0 bridgehead atoms. The molecule has 1 fully saturated rings. The van der Waals surface area contributed by atoms with Gasteiger partial charge in [-0.05, 0) is 30.5 Å². The molecule has 2 rings (SSSR count). The van der Waals surface area contributed by atoms with Crippen LogP contribution in [0, 0.1) is 11.3 Å². The highest BCUT2D eigenvalue weighted by Gasteiger charge is 2.10. The van der Waals surface area contributed by atoms with Gasteiger partial charge in [-0.3, -0.25) is 0 Å². The summed E-state index contributed by atoms with van der Waals surface area (Å²) in [6.07, 6.45) is 4.99. The van der Waals surface area contributed by atoms with Crippen molar-refractivity contribution in [3.05, 3.63) is 35.4 Å². The SMILES string of the molecule is I.N#Cc1ccc(CN=C(N)N2CCCCCC2)cc1. The molecule has 0 aliphatic carbocycles. The van der Waals surface area contributed by atoms with Crippen LogP contribution in [0.15, 0.2) is 29.3 Å². The summed E-state index contributed by atoms with van der Waals surface area (Å²) in [5, 5.41) is 8.74. The Morgan fingerprint density at radius 2 is 1.75 bits per heavy atom. The van der Waals surface area contributed by atoms with E-state index in [9.17, 15) is 0 Å². The number of aliphatic imine (C=N–C) groups is 1. The van der Waals surface area contributed by atoms with Crippen LogP contribution in [0.1, 0.15) is 36.8 Å². The topological polar surface area (TPSA) is 65.4 Å². The first-order valence-electron chi connectivity index (χ1n) is 6.83. The highest BCUT2D eigenvalue weighted by molar-refractivity contribution is 14.0. The quantitative estimate of drug-likeness (QED) is 0.485. The van der Waals surface area contributed by atoms with Crippen LogP contribution in [-0.4, -0.2) is 23.9 Å². The summed E-state index contributed by atoms with van der Waals surface area (Å²) in [5.41, 5.74) is 7.80. The zero-order chi connectivity index (χ0) is 13.5. The zero-order valence-corrected chi connectivity index (χ0v) is 13.9. The molecule has 0 aromatic heterocycles. The zero-order valence-electron chi connectivity index (χ0n) is 11.6. The van der Waals surface area contributed by atoms with E-state index in [1.54, 1.807) is 0 Å². The first-order valence-corrected chi connectivity index (χ1v) is 6.83. The number of benzene rings is 1. The molecule has 1 aliphatic heterocycles. The Bertz CT molecular complexity index is 468. The number of hydrogen-bond donors (Lipinski definition) is 1. The maximum atomic E-state index is 8.74. The Labute approximate surface area is 137 Å². The van der Waals surface area contributed by atoms with Gasteiger partial charge in [-0.25, -0.2) is 4.99 Å². The molecule has 1 aliphatic rings. The number of nitrogens with zero attached hydrogens (tertiary/aromatic N) is 3. The molecule has 1 heterocycles. The lowest BCUT2D eigenvalue weighted by atomic mass is 10.1. The maximum Gasteiger partial charge on any atom is 0.191 e. The first kappa shape index (κ1) is 16.8. The second-order valence-electron chi connectivity index (χ2n) is 4.88. The summed E-state index contributed by atoms with van der Waals surface area (Å²) in [6.45, 7) is 2.61. The van der Waals surface area contributed by atoms with Crippen molar-refractivity contribution in [3.63, 3.8) is 0 Å². The number of likely N-dealkylation sites (tertiary alicyclic amines) is 1. The van der Waals surface area contributed by atoms with Crippen molar-refractivity contribution in [2.75, 3.05) is 13.1 Å². The predicted molar refractivity (Wildman–Crippen MR) is 91.9 cm³/mol. The molecule has 108 valence electrons. The van der Waals surface area contributed by atoms with E-state index in [-0.39, 0.29) is 24.0 Å². The third kappa shape index (κ3) is 5.00. The lowest BCUT2D eigenvalue weighted by Crippen LogP contribution is -2.38. The van der Waals surface area contributed by atoms with Crippen LogP contribution >= 0.6 is 24.0 Å². The average molecular weight is 384 g/mol. The van der Waals surface area contributed by atoms with Crippen LogP contribution in [0.2, 0.25) is 0 Å². The minimum absolute atomic E-state index is 0. The molecule has 0 unspecified atom stereocenters. The van der Waals surface area contributed by atoms with Crippen molar-refractivity contribution in [2.45, 2.75) is 32.2 Å². The van der Waals surface area contributed by atoms with Crippen molar-refractivity contribution in [1.82, 2.24) is 4.90 Å². The number of hydrogen-bond acceptors (Lipinski definition) is 2. The molecule has 0 radical (unpaired) electrons. The molecule has 1 aromatic rings. The molecule has 0 spiro atoms. The minimum atomic E-state index is 0. The first-order chi connectivity index (χ1) is 9.29. The molecule has 0 saturated carbocycles. The van der Waals surface area contributed by atoms with Crippen molar-refractivity contribution in [3.8, 4) is 6.07 Å². The minimum Gasteiger partial charge on any atom is -0.370 e. The predicted octanol–water partition coefficient (Wildman–Crippen LogP) is 2.87.